The molecule has 2 rings (SSSR count). The van der Waals surface area contributed by atoms with Gasteiger partial charge in [0.25, 0.3) is 0 Å². The van der Waals surface area contributed by atoms with Gasteiger partial charge in [0, 0.05) is 18.7 Å². The Balaban J connectivity index is 1.96. The van der Waals surface area contributed by atoms with Gasteiger partial charge in [-0.2, -0.15) is 0 Å². The maximum absolute atomic E-state index is 13.0. The summed E-state index contributed by atoms with van der Waals surface area (Å²) >= 11 is 0. The van der Waals surface area contributed by atoms with Crippen LogP contribution in [0, 0.1) is 11.7 Å². The lowest BCUT2D eigenvalue weighted by molar-refractivity contribution is 0.0344. The zero-order chi connectivity index (χ0) is 13.1. The zero-order valence-electron chi connectivity index (χ0n) is 10.5. The summed E-state index contributed by atoms with van der Waals surface area (Å²) in [6.07, 6.45) is 0.419. The van der Waals surface area contributed by atoms with Gasteiger partial charge in [-0.15, -0.1) is 0 Å². The van der Waals surface area contributed by atoms with Crippen LogP contribution >= 0.6 is 0 Å². The minimum atomic E-state index is -0.386. The van der Waals surface area contributed by atoms with E-state index in [2.05, 4.69) is 0 Å². The number of halogens is 1. The average molecular weight is 251 g/mol. The molecule has 1 aliphatic heterocycles. The van der Waals surface area contributed by atoms with Crippen LogP contribution in [-0.2, 0) is 0 Å². The number of aliphatic hydroxyl groups excluding tert-OH is 1. The van der Waals surface area contributed by atoms with Crippen molar-refractivity contribution in [3.05, 3.63) is 35.6 Å². The van der Waals surface area contributed by atoms with Gasteiger partial charge in [-0.3, -0.25) is 9.69 Å². The molecule has 0 aliphatic carbocycles. The zero-order valence-corrected chi connectivity index (χ0v) is 10.5. The first-order valence-corrected chi connectivity index (χ1v) is 6.25. The lowest BCUT2D eigenvalue weighted by Gasteiger charge is -2.33. The molecule has 2 atom stereocenters. The molecule has 0 aromatic heterocycles. The Morgan fingerprint density at radius 2 is 2.33 bits per heavy atom. The van der Waals surface area contributed by atoms with Crippen molar-refractivity contribution in [3.8, 4) is 0 Å². The predicted molar refractivity (Wildman–Crippen MR) is 67.0 cm³/mol. The Hall–Kier alpha value is -1.26. The average Bonchev–Trinajstić information content (AvgIpc) is 2.34. The fraction of sp³-hybridized carbons (Fsp3) is 0.500. The summed E-state index contributed by atoms with van der Waals surface area (Å²) in [5.41, 5.74) is 0.411. The van der Waals surface area contributed by atoms with Gasteiger partial charge in [-0.1, -0.05) is 19.1 Å². The summed E-state index contributed by atoms with van der Waals surface area (Å²) in [5, 5.41) is 9.62. The number of hydrogen-bond acceptors (Lipinski definition) is 3. The Morgan fingerprint density at radius 1 is 1.56 bits per heavy atom. The molecule has 2 unspecified atom stereocenters. The Bertz CT molecular complexity index is 436. The summed E-state index contributed by atoms with van der Waals surface area (Å²) in [6, 6.07) is 5.78. The van der Waals surface area contributed by atoms with Crippen molar-refractivity contribution < 1.29 is 14.3 Å². The summed E-state index contributed by atoms with van der Waals surface area (Å²) in [4.78, 5) is 14.0. The first-order chi connectivity index (χ1) is 8.56. The minimum absolute atomic E-state index is 0.0712. The Labute approximate surface area is 106 Å². The van der Waals surface area contributed by atoms with Crippen molar-refractivity contribution in [2.24, 2.45) is 5.92 Å². The highest BCUT2D eigenvalue weighted by Crippen LogP contribution is 2.17. The van der Waals surface area contributed by atoms with Crippen molar-refractivity contribution in [2.75, 3.05) is 19.6 Å². The van der Waals surface area contributed by atoms with Crippen LogP contribution in [0.1, 0.15) is 23.7 Å². The molecule has 4 heteroatoms. The third kappa shape index (κ3) is 3.15. The summed E-state index contributed by atoms with van der Waals surface area (Å²) in [6.45, 7) is 3.69. The van der Waals surface area contributed by atoms with Crippen LogP contribution in [0.25, 0.3) is 0 Å². The standard InChI is InChI=1S/C14H18FNO2/c1-10-8-16(6-5-13(10)17)9-14(18)11-3-2-4-12(15)7-11/h2-4,7,10,13,17H,5-6,8-9H2,1H3. The molecule has 1 aliphatic rings. The van der Waals surface area contributed by atoms with E-state index in [1.54, 1.807) is 12.1 Å². The van der Waals surface area contributed by atoms with E-state index in [1.165, 1.54) is 12.1 Å². The first kappa shape index (κ1) is 13.2. The van der Waals surface area contributed by atoms with Crippen LogP contribution in [0.4, 0.5) is 4.39 Å². The number of carbonyl (C=O) groups excluding carboxylic acids is 1. The van der Waals surface area contributed by atoms with E-state index in [1.807, 2.05) is 11.8 Å². The number of aliphatic hydroxyl groups is 1. The van der Waals surface area contributed by atoms with Gasteiger partial charge in [0.1, 0.15) is 5.82 Å². The molecule has 0 radical (unpaired) electrons. The molecule has 0 spiro atoms. The highest BCUT2D eigenvalue weighted by Gasteiger charge is 2.25. The lowest BCUT2D eigenvalue weighted by Crippen LogP contribution is -2.44. The largest absolute Gasteiger partial charge is 0.393 e. The van der Waals surface area contributed by atoms with Gasteiger partial charge < -0.3 is 5.11 Å². The molecule has 1 heterocycles. The number of likely N-dealkylation sites (tertiary alicyclic amines) is 1. The highest BCUT2D eigenvalue weighted by molar-refractivity contribution is 5.97. The number of rotatable bonds is 3. The van der Waals surface area contributed by atoms with Crippen molar-refractivity contribution in [3.63, 3.8) is 0 Å². The quantitative estimate of drug-likeness (QED) is 0.831. The molecule has 1 fully saturated rings. The fourth-order valence-corrected chi connectivity index (χ4v) is 2.32. The molecular formula is C14H18FNO2. The number of ketones is 1. The Kier molecular flexibility index (Phi) is 4.09. The highest BCUT2D eigenvalue weighted by atomic mass is 19.1. The van der Waals surface area contributed by atoms with Crippen LogP contribution in [0.15, 0.2) is 24.3 Å². The van der Waals surface area contributed by atoms with Crippen LogP contribution < -0.4 is 0 Å². The van der Waals surface area contributed by atoms with E-state index in [0.29, 0.717) is 31.6 Å². The van der Waals surface area contributed by atoms with Gasteiger partial charge in [0.15, 0.2) is 5.78 Å². The van der Waals surface area contributed by atoms with Gasteiger partial charge in [0.2, 0.25) is 0 Å². The number of benzene rings is 1. The van der Waals surface area contributed by atoms with Crippen molar-refractivity contribution in [1.29, 1.82) is 0 Å². The third-order valence-electron chi connectivity index (χ3n) is 3.46. The van der Waals surface area contributed by atoms with Crippen molar-refractivity contribution in [1.82, 2.24) is 4.90 Å². The molecule has 98 valence electrons. The summed E-state index contributed by atoms with van der Waals surface area (Å²) in [5.74, 6) is -0.277. The molecule has 1 N–H and O–H groups in total. The second-order valence-corrected chi connectivity index (χ2v) is 5.00. The molecule has 3 nitrogen and oxygen atoms in total. The van der Waals surface area contributed by atoms with Gasteiger partial charge in [-0.05, 0) is 24.5 Å². The molecule has 1 saturated heterocycles. The number of Topliss-reactive ketones (excluding diaryl/α,β-unsaturated/α-hetero) is 1. The summed E-state index contributed by atoms with van der Waals surface area (Å²) < 4.78 is 13.0. The predicted octanol–water partition coefficient (Wildman–Crippen LogP) is 1.71. The molecule has 0 amide bonds. The number of hydrogen-bond donors (Lipinski definition) is 1. The van der Waals surface area contributed by atoms with Crippen LogP contribution in [0.5, 0.6) is 0 Å². The van der Waals surface area contributed by atoms with E-state index >= 15 is 0 Å². The molecule has 0 saturated carbocycles. The number of carbonyl (C=O) groups is 1. The minimum Gasteiger partial charge on any atom is -0.393 e. The van der Waals surface area contributed by atoms with E-state index in [0.717, 1.165) is 0 Å². The lowest BCUT2D eigenvalue weighted by atomic mass is 9.96. The molecule has 1 aromatic carbocycles. The van der Waals surface area contributed by atoms with Crippen LogP contribution in [0.3, 0.4) is 0 Å². The van der Waals surface area contributed by atoms with Crippen LogP contribution in [-0.4, -0.2) is 41.5 Å². The monoisotopic (exact) mass is 251 g/mol. The smallest absolute Gasteiger partial charge is 0.176 e. The molecule has 0 bridgehead atoms. The SMILES string of the molecule is CC1CN(CC(=O)c2cccc(F)c2)CCC1O. The molecule has 18 heavy (non-hydrogen) atoms. The normalized spacial score (nSPS) is 25.1. The number of nitrogens with zero attached hydrogens (tertiary/aromatic N) is 1. The van der Waals surface area contributed by atoms with E-state index in [-0.39, 0.29) is 23.6 Å². The summed E-state index contributed by atoms with van der Waals surface area (Å²) in [7, 11) is 0. The second-order valence-electron chi connectivity index (χ2n) is 5.00. The van der Waals surface area contributed by atoms with E-state index < -0.39 is 0 Å². The first-order valence-electron chi connectivity index (χ1n) is 6.25. The number of piperidine rings is 1. The van der Waals surface area contributed by atoms with E-state index in [9.17, 15) is 14.3 Å². The third-order valence-corrected chi connectivity index (χ3v) is 3.46. The van der Waals surface area contributed by atoms with Crippen molar-refractivity contribution in [2.45, 2.75) is 19.4 Å². The fourth-order valence-electron chi connectivity index (χ4n) is 2.32. The van der Waals surface area contributed by atoms with Gasteiger partial charge >= 0.3 is 0 Å². The van der Waals surface area contributed by atoms with Gasteiger partial charge in [-0.25, -0.2) is 4.39 Å². The second kappa shape index (κ2) is 5.59. The maximum atomic E-state index is 13.0. The maximum Gasteiger partial charge on any atom is 0.176 e. The Morgan fingerprint density at radius 3 is 3.00 bits per heavy atom. The molecule has 1 aromatic rings. The van der Waals surface area contributed by atoms with E-state index in [4.69, 9.17) is 0 Å². The molecular weight excluding hydrogens is 233 g/mol. The van der Waals surface area contributed by atoms with Crippen molar-refractivity contribution >= 4 is 5.78 Å². The van der Waals surface area contributed by atoms with Gasteiger partial charge in [0.05, 0.1) is 12.6 Å². The van der Waals surface area contributed by atoms with Crippen LogP contribution in [0.2, 0.25) is 0 Å². The topological polar surface area (TPSA) is 40.5 Å².